The molecular weight excluding hydrogens is 535 g/mol. The Morgan fingerprint density at radius 1 is 0.950 bits per heavy atom. The Bertz CT molecular complexity index is 1490. The number of fused-ring (bicyclic) bond motifs is 3. The van der Waals surface area contributed by atoms with Gasteiger partial charge in [0.1, 0.15) is 27.9 Å². The minimum Gasteiger partial charge on any atom is -0.550 e. The second-order valence-electron chi connectivity index (χ2n) is 9.88. The van der Waals surface area contributed by atoms with Gasteiger partial charge >= 0.3 is 29.6 Å². The van der Waals surface area contributed by atoms with Gasteiger partial charge in [-0.3, -0.25) is 0 Å². The fourth-order valence-corrected chi connectivity index (χ4v) is 5.49. The number of aliphatic carboxylic acids is 1. The summed E-state index contributed by atoms with van der Waals surface area (Å²) in [6.07, 6.45) is 4.55. The maximum Gasteiger partial charge on any atom is 1.00 e. The van der Waals surface area contributed by atoms with Crippen molar-refractivity contribution in [2.24, 2.45) is 0 Å². The van der Waals surface area contributed by atoms with Crippen LogP contribution in [0.2, 0.25) is 0 Å². The van der Waals surface area contributed by atoms with Crippen LogP contribution in [0.4, 0.5) is 0 Å². The zero-order valence-electron chi connectivity index (χ0n) is 23.4. The van der Waals surface area contributed by atoms with E-state index < -0.39 is 21.7 Å². The molecule has 0 saturated heterocycles. The van der Waals surface area contributed by atoms with Gasteiger partial charge in [0.05, 0.1) is 18.3 Å². The van der Waals surface area contributed by atoms with Gasteiger partial charge < -0.3 is 19.4 Å². The number of hydrogen-bond donors (Lipinski definition) is 0. The van der Waals surface area contributed by atoms with E-state index in [1.54, 1.807) is 6.92 Å². The number of hydrogen-bond acceptors (Lipinski definition) is 6. The third kappa shape index (κ3) is 9.14. The Kier molecular flexibility index (Phi) is 11.7. The number of carbonyl (C=O) groups is 1. The summed E-state index contributed by atoms with van der Waals surface area (Å²) in [6, 6.07) is 20.0. The molecule has 0 heterocycles. The van der Waals surface area contributed by atoms with Gasteiger partial charge in [-0.25, -0.2) is 8.42 Å². The summed E-state index contributed by atoms with van der Waals surface area (Å²) in [5, 5.41) is 11.1. The van der Waals surface area contributed by atoms with Crippen molar-refractivity contribution in [3.05, 3.63) is 82.9 Å². The van der Waals surface area contributed by atoms with Crippen LogP contribution >= 0.6 is 0 Å². The van der Waals surface area contributed by atoms with Crippen LogP contribution in [0.25, 0.3) is 11.1 Å². The van der Waals surface area contributed by atoms with Crippen molar-refractivity contribution in [1.82, 2.24) is 0 Å². The topological polar surface area (TPSA) is 92.7 Å². The first-order chi connectivity index (χ1) is 18.7. The summed E-state index contributed by atoms with van der Waals surface area (Å²) in [5.41, 5.74) is 6.79. The summed E-state index contributed by atoms with van der Waals surface area (Å²) in [5.74, 6) is 5.77. The number of rotatable bonds is 11. The van der Waals surface area contributed by atoms with E-state index in [4.69, 9.17) is 9.47 Å². The van der Waals surface area contributed by atoms with Gasteiger partial charge in [-0.15, -0.1) is 5.92 Å². The van der Waals surface area contributed by atoms with E-state index in [0.29, 0.717) is 25.4 Å². The van der Waals surface area contributed by atoms with Crippen LogP contribution in [0.1, 0.15) is 54.4 Å². The molecule has 204 valence electrons. The zero-order chi connectivity index (χ0) is 27.8. The van der Waals surface area contributed by atoms with Crippen molar-refractivity contribution in [3.8, 4) is 34.5 Å². The molecule has 0 amide bonds. The van der Waals surface area contributed by atoms with Crippen LogP contribution in [-0.4, -0.2) is 33.0 Å². The van der Waals surface area contributed by atoms with E-state index in [1.807, 2.05) is 30.3 Å². The minimum atomic E-state index is -2.99. The molecule has 1 atom stereocenters. The van der Waals surface area contributed by atoms with Crippen molar-refractivity contribution < 1.29 is 57.3 Å². The molecule has 6 nitrogen and oxygen atoms in total. The van der Waals surface area contributed by atoms with E-state index in [9.17, 15) is 18.3 Å². The molecule has 0 spiro atoms. The Morgan fingerprint density at radius 2 is 1.68 bits per heavy atom. The molecule has 1 aliphatic carbocycles. The van der Waals surface area contributed by atoms with E-state index >= 15 is 0 Å². The number of aryl methyl sites for hydroxylation is 2. The summed E-state index contributed by atoms with van der Waals surface area (Å²) in [7, 11) is -2.99. The molecule has 3 aromatic rings. The molecule has 0 N–H and O–H groups in total. The smallest absolute Gasteiger partial charge is 0.550 e. The van der Waals surface area contributed by atoms with Gasteiger partial charge in [0.2, 0.25) is 0 Å². The summed E-state index contributed by atoms with van der Waals surface area (Å²) < 4.78 is 34.6. The van der Waals surface area contributed by atoms with Crippen molar-refractivity contribution in [1.29, 1.82) is 0 Å². The molecule has 0 bridgehead atoms. The van der Waals surface area contributed by atoms with Crippen LogP contribution in [0.5, 0.6) is 11.5 Å². The molecule has 0 radical (unpaired) electrons. The van der Waals surface area contributed by atoms with Gasteiger partial charge in [0.15, 0.2) is 0 Å². The van der Waals surface area contributed by atoms with Crippen molar-refractivity contribution in [2.45, 2.75) is 51.6 Å². The molecule has 0 aliphatic heterocycles. The predicted octanol–water partition coefficient (Wildman–Crippen LogP) is 1.49. The summed E-state index contributed by atoms with van der Waals surface area (Å²) >= 11 is 0. The third-order valence-electron chi connectivity index (χ3n) is 6.74. The quantitative estimate of drug-likeness (QED) is 0.198. The van der Waals surface area contributed by atoms with Gasteiger partial charge in [-0.2, -0.15) is 0 Å². The number of ether oxygens (including phenoxy) is 2. The Hall–Kier alpha value is -2.76. The molecule has 0 fully saturated rings. The van der Waals surface area contributed by atoms with Crippen molar-refractivity contribution >= 4 is 15.8 Å². The fraction of sp³-hybridized carbons (Fsp3) is 0.344. The van der Waals surface area contributed by atoms with Gasteiger partial charge in [0.25, 0.3) is 0 Å². The van der Waals surface area contributed by atoms with Crippen LogP contribution < -0.4 is 44.1 Å². The predicted molar refractivity (Wildman–Crippen MR) is 150 cm³/mol. The van der Waals surface area contributed by atoms with Gasteiger partial charge in [0, 0.05) is 18.6 Å². The number of sulfone groups is 1. The summed E-state index contributed by atoms with van der Waals surface area (Å²) in [6.45, 7) is 2.46. The van der Waals surface area contributed by atoms with E-state index in [0.717, 1.165) is 36.1 Å². The first kappa shape index (κ1) is 31.8. The monoisotopic (exact) mass is 568 g/mol. The van der Waals surface area contributed by atoms with E-state index in [2.05, 4.69) is 42.2 Å². The van der Waals surface area contributed by atoms with Crippen LogP contribution in [-0.2, 0) is 34.1 Å². The van der Waals surface area contributed by atoms with Crippen LogP contribution in [0, 0.1) is 11.8 Å². The zero-order valence-corrected chi connectivity index (χ0v) is 26.2. The Labute approximate surface area is 259 Å². The first-order valence-corrected chi connectivity index (χ1v) is 15.2. The molecule has 0 saturated carbocycles. The second kappa shape index (κ2) is 14.7. The second-order valence-corrected chi connectivity index (χ2v) is 12.1. The number of carboxylic acid groups (broad SMARTS) is 1. The normalized spacial score (nSPS) is 12.8. The molecule has 0 unspecified atom stereocenters. The molecule has 3 aromatic carbocycles. The number of carboxylic acids is 1. The average Bonchev–Trinajstić information content (AvgIpc) is 3.08. The SMILES string of the molecule is CC#C[C@@H](CC(=O)[O-])c1ccc(OCc2ccc3c(c2)-c2ccc(OCCCS(C)(=O)=O)cc2CCC3)cc1.[Na+]. The van der Waals surface area contributed by atoms with E-state index in [-0.39, 0.29) is 41.7 Å². The van der Waals surface area contributed by atoms with Crippen LogP contribution in [0.3, 0.4) is 0 Å². The number of benzene rings is 3. The standard InChI is InChI=1S/C32H34O6S.Na/c1-3-6-26(21-32(33)34)24-11-13-28(14-12-24)38-22-23-9-10-25-7-4-8-27-20-29(15-16-30(27)31(25)19-23)37-17-5-18-39(2,35)36;/h9-16,19-20,26H,4-5,7-8,17-18,21-22H2,1-2H3,(H,33,34);/q;+1/p-1/t26-;/m0./s1. The Morgan fingerprint density at radius 3 is 2.38 bits per heavy atom. The minimum absolute atomic E-state index is 0. The molecule has 1 aliphatic rings. The van der Waals surface area contributed by atoms with Gasteiger partial charge in [-0.1, -0.05) is 36.3 Å². The van der Waals surface area contributed by atoms with E-state index in [1.165, 1.54) is 28.5 Å². The number of carbonyl (C=O) groups excluding carboxylic acids is 1. The van der Waals surface area contributed by atoms with Crippen molar-refractivity contribution in [2.75, 3.05) is 18.6 Å². The summed E-state index contributed by atoms with van der Waals surface area (Å²) in [4.78, 5) is 11.1. The molecule has 40 heavy (non-hydrogen) atoms. The average molecular weight is 569 g/mol. The third-order valence-corrected chi connectivity index (χ3v) is 7.77. The first-order valence-electron chi connectivity index (χ1n) is 13.1. The molecule has 8 heteroatoms. The van der Waals surface area contributed by atoms with Gasteiger partial charge in [-0.05, 0) is 96.3 Å². The fourth-order valence-electron chi connectivity index (χ4n) is 4.85. The molecular formula is C32H33NaO6S. The maximum absolute atomic E-state index is 11.3. The molecule has 0 aromatic heterocycles. The van der Waals surface area contributed by atoms with Crippen molar-refractivity contribution in [3.63, 3.8) is 0 Å². The van der Waals surface area contributed by atoms with Crippen LogP contribution in [0.15, 0.2) is 60.7 Å². The Balaban J connectivity index is 0.00000441. The largest absolute Gasteiger partial charge is 1.00 e. The maximum atomic E-state index is 11.3. The molecule has 4 rings (SSSR count).